The minimum Gasteiger partial charge on any atom is -0.468 e. The molecule has 0 saturated heterocycles. The van der Waals surface area contributed by atoms with Gasteiger partial charge in [-0.1, -0.05) is 32.1 Å². The van der Waals surface area contributed by atoms with Crippen molar-refractivity contribution in [2.24, 2.45) is 0 Å². The molecule has 86 valence electrons. The van der Waals surface area contributed by atoms with Crippen LogP contribution in [0.15, 0.2) is 23.8 Å². The maximum Gasteiger partial charge on any atom is 0.327 e. The Bertz CT molecular complexity index is 244. The zero-order chi connectivity index (χ0) is 11.7. The smallest absolute Gasteiger partial charge is 0.327 e. The molecule has 0 fully saturated rings. The molecule has 1 aliphatic rings. The molecule has 0 radical (unpaired) electrons. The van der Waals surface area contributed by atoms with Gasteiger partial charge in [0.15, 0.2) is 0 Å². The molecule has 3 nitrogen and oxygen atoms in total. The molecule has 0 bridgehead atoms. The minimum atomic E-state index is -0.318. The molecule has 0 spiro atoms. The van der Waals surface area contributed by atoms with Crippen molar-refractivity contribution in [2.75, 3.05) is 14.2 Å². The Balaban J connectivity index is 0.000000921. The number of rotatable bonds is 3. The van der Waals surface area contributed by atoms with Crippen LogP contribution in [0.25, 0.3) is 0 Å². The van der Waals surface area contributed by atoms with E-state index in [1.807, 2.05) is 19.9 Å². The summed E-state index contributed by atoms with van der Waals surface area (Å²) in [7, 11) is 3.16. The summed E-state index contributed by atoms with van der Waals surface area (Å²) in [6.45, 7) is 4.00. The van der Waals surface area contributed by atoms with Gasteiger partial charge in [-0.3, -0.25) is 0 Å². The van der Waals surface area contributed by atoms with Crippen molar-refractivity contribution in [3.63, 3.8) is 0 Å². The van der Waals surface area contributed by atoms with Gasteiger partial charge in [-0.2, -0.15) is 0 Å². The Morgan fingerprint density at radius 2 is 2.13 bits per heavy atom. The summed E-state index contributed by atoms with van der Waals surface area (Å²) in [6, 6.07) is -0.318. The molecule has 1 unspecified atom stereocenters. The summed E-state index contributed by atoms with van der Waals surface area (Å²) >= 11 is 0. The second kappa shape index (κ2) is 8.24. The summed E-state index contributed by atoms with van der Waals surface area (Å²) in [6.07, 6.45) is 8.17. The van der Waals surface area contributed by atoms with E-state index < -0.39 is 0 Å². The van der Waals surface area contributed by atoms with Crippen molar-refractivity contribution >= 4 is 5.97 Å². The van der Waals surface area contributed by atoms with Crippen LogP contribution in [-0.2, 0) is 9.53 Å². The Morgan fingerprint density at radius 1 is 1.47 bits per heavy atom. The first-order valence-corrected chi connectivity index (χ1v) is 5.41. The molecule has 0 aliphatic heterocycles. The average Bonchev–Trinajstić information content (AvgIpc) is 2.33. The monoisotopic (exact) mass is 211 g/mol. The zero-order valence-electron chi connectivity index (χ0n) is 10.0. The lowest BCUT2D eigenvalue weighted by Gasteiger charge is -2.16. The van der Waals surface area contributed by atoms with E-state index in [2.05, 4.69) is 22.2 Å². The third-order valence-corrected chi connectivity index (χ3v) is 2.08. The fourth-order valence-corrected chi connectivity index (χ4v) is 1.39. The Hall–Kier alpha value is -1.09. The maximum absolute atomic E-state index is 11.3. The lowest BCUT2D eigenvalue weighted by atomic mass is 10.0. The normalized spacial score (nSPS) is 15.9. The van der Waals surface area contributed by atoms with Gasteiger partial charge in [0.1, 0.15) is 6.04 Å². The number of nitrogens with one attached hydrogen (secondary N) is 1. The number of hydrogen-bond acceptors (Lipinski definition) is 3. The van der Waals surface area contributed by atoms with Crippen LogP contribution in [0.1, 0.15) is 26.7 Å². The first-order valence-electron chi connectivity index (χ1n) is 5.41. The van der Waals surface area contributed by atoms with Crippen LogP contribution in [0.4, 0.5) is 0 Å². The van der Waals surface area contributed by atoms with Crippen molar-refractivity contribution in [3.05, 3.63) is 23.8 Å². The number of esters is 1. The van der Waals surface area contributed by atoms with Gasteiger partial charge in [0.2, 0.25) is 0 Å². The standard InChI is InChI=1S/C10H15NO2.C2H6/c1-11-9(10(12)13-2)8-6-4-3-5-7-8;1-2/h4,6-7,9,11H,3,5H2,1-2H3;1-2H3. The highest BCUT2D eigenvalue weighted by atomic mass is 16.5. The third kappa shape index (κ3) is 4.30. The van der Waals surface area contributed by atoms with Gasteiger partial charge in [0.25, 0.3) is 0 Å². The molecule has 0 saturated carbocycles. The lowest BCUT2D eigenvalue weighted by Crippen LogP contribution is -2.36. The molecule has 15 heavy (non-hydrogen) atoms. The van der Waals surface area contributed by atoms with Gasteiger partial charge in [0.05, 0.1) is 7.11 Å². The van der Waals surface area contributed by atoms with Crippen molar-refractivity contribution < 1.29 is 9.53 Å². The highest BCUT2D eigenvalue weighted by Gasteiger charge is 2.20. The van der Waals surface area contributed by atoms with E-state index in [1.54, 1.807) is 7.05 Å². The number of ether oxygens (including phenoxy) is 1. The topological polar surface area (TPSA) is 38.3 Å². The number of allylic oxidation sites excluding steroid dienone is 2. The Kier molecular flexibility index (Phi) is 7.64. The second-order valence-electron chi connectivity index (χ2n) is 2.93. The molecule has 1 atom stereocenters. The number of carbonyl (C=O) groups excluding carboxylic acids is 1. The Labute approximate surface area is 92.2 Å². The summed E-state index contributed by atoms with van der Waals surface area (Å²) < 4.78 is 4.68. The molecule has 0 aromatic rings. The van der Waals surface area contributed by atoms with E-state index in [-0.39, 0.29) is 12.0 Å². The van der Waals surface area contributed by atoms with E-state index in [1.165, 1.54) is 7.11 Å². The van der Waals surface area contributed by atoms with Crippen LogP contribution >= 0.6 is 0 Å². The van der Waals surface area contributed by atoms with Crippen LogP contribution in [0.2, 0.25) is 0 Å². The first kappa shape index (κ1) is 13.9. The van der Waals surface area contributed by atoms with Crippen molar-refractivity contribution in [1.82, 2.24) is 5.32 Å². The van der Waals surface area contributed by atoms with E-state index in [9.17, 15) is 4.79 Å². The van der Waals surface area contributed by atoms with Crippen LogP contribution in [0.5, 0.6) is 0 Å². The SMILES string of the molecule is CC.CNC(C(=O)OC)C1=CCCC=C1. The quantitative estimate of drug-likeness (QED) is 0.726. The highest BCUT2D eigenvalue weighted by Crippen LogP contribution is 2.13. The first-order chi connectivity index (χ1) is 7.29. The van der Waals surface area contributed by atoms with Crippen LogP contribution < -0.4 is 5.32 Å². The van der Waals surface area contributed by atoms with Gasteiger partial charge in [0, 0.05) is 0 Å². The van der Waals surface area contributed by atoms with E-state index in [0.29, 0.717) is 0 Å². The molecule has 3 heteroatoms. The molecular formula is C12H21NO2. The zero-order valence-corrected chi connectivity index (χ0v) is 10.0. The van der Waals surface area contributed by atoms with Crippen molar-refractivity contribution in [1.29, 1.82) is 0 Å². The molecule has 0 aromatic carbocycles. The minimum absolute atomic E-state index is 0.236. The number of methoxy groups -OCH3 is 1. The van der Waals surface area contributed by atoms with Gasteiger partial charge < -0.3 is 10.1 Å². The van der Waals surface area contributed by atoms with Crippen LogP contribution in [0, 0.1) is 0 Å². The number of hydrogen-bond donors (Lipinski definition) is 1. The lowest BCUT2D eigenvalue weighted by molar-refractivity contribution is -0.141. The van der Waals surface area contributed by atoms with E-state index >= 15 is 0 Å². The molecule has 1 rings (SSSR count). The van der Waals surface area contributed by atoms with Gasteiger partial charge in [-0.05, 0) is 25.5 Å². The Morgan fingerprint density at radius 3 is 2.53 bits per heavy atom. The molecule has 0 amide bonds. The van der Waals surface area contributed by atoms with Gasteiger partial charge >= 0.3 is 5.97 Å². The van der Waals surface area contributed by atoms with Gasteiger partial charge in [-0.15, -0.1) is 0 Å². The van der Waals surface area contributed by atoms with Crippen LogP contribution in [0.3, 0.4) is 0 Å². The van der Waals surface area contributed by atoms with E-state index in [4.69, 9.17) is 0 Å². The summed E-state index contributed by atoms with van der Waals surface area (Å²) in [5, 5.41) is 2.93. The largest absolute Gasteiger partial charge is 0.468 e. The number of carbonyl (C=O) groups is 1. The van der Waals surface area contributed by atoms with Crippen molar-refractivity contribution in [3.8, 4) is 0 Å². The molecular weight excluding hydrogens is 190 g/mol. The van der Waals surface area contributed by atoms with Crippen LogP contribution in [-0.4, -0.2) is 26.2 Å². The molecule has 1 N–H and O–H groups in total. The third-order valence-electron chi connectivity index (χ3n) is 2.08. The fraction of sp³-hybridized carbons (Fsp3) is 0.583. The summed E-state index contributed by atoms with van der Waals surface area (Å²) in [5.74, 6) is -0.236. The second-order valence-corrected chi connectivity index (χ2v) is 2.93. The summed E-state index contributed by atoms with van der Waals surface area (Å²) in [4.78, 5) is 11.3. The van der Waals surface area contributed by atoms with Crippen molar-refractivity contribution in [2.45, 2.75) is 32.7 Å². The molecule has 0 aromatic heterocycles. The predicted octanol–water partition coefficient (Wildman–Crippen LogP) is 2.05. The predicted molar refractivity (Wildman–Crippen MR) is 62.7 cm³/mol. The maximum atomic E-state index is 11.3. The summed E-state index contributed by atoms with van der Waals surface area (Å²) in [5.41, 5.74) is 1.00. The highest BCUT2D eigenvalue weighted by molar-refractivity contribution is 5.80. The number of likely N-dealkylation sites (N-methyl/N-ethyl adjacent to an activating group) is 1. The fourth-order valence-electron chi connectivity index (χ4n) is 1.39. The van der Waals surface area contributed by atoms with E-state index in [0.717, 1.165) is 18.4 Å². The van der Waals surface area contributed by atoms with Gasteiger partial charge in [-0.25, -0.2) is 4.79 Å². The molecule has 0 heterocycles. The average molecular weight is 211 g/mol. The molecule has 1 aliphatic carbocycles.